The summed E-state index contributed by atoms with van der Waals surface area (Å²) in [6, 6.07) is 23.8. The topological polar surface area (TPSA) is 127 Å². The Labute approximate surface area is 244 Å². The Morgan fingerprint density at radius 2 is 1.33 bits per heavy atom. The molecule has 42 heavy (non-hydrogen) atoms. The Hall–Kier alpha value is -4.54. The molecule has 214 valence electrons. The van der Waals surface area contributed by atoms with E-state index in [9.17, 15) is 26.7 Å². The number of unbranched alkanes of at least 4 members (excludes halogenated alkanes) is 1. The van der Waals surface area contributed by atoms with Gasteiger partial charge in [-0.05, 0) is 73.2 Å². The van der Waals surface area contributed by atoms with E-state index in [2.05, 4.69) is 11.9 Å². The van der Waals surface area contributed by atoms with Crippen LogP contribution in [-0.4, -0.2) is 40.0 Å². The Morgan fingerprint density at radius 3 is 1.93 bits per heavy atom. The number of nitrogens with zero attached hydrogens (tertiary/aromatic N) is 1. The second kappa shape index (κ2) is 11.8. The van der Waals surface area contributed by atoms with E-state index in [4.69, 9.17) is 4.74 Å². The van der Waals surface area contributed by atoms with Crippen LogP contribution in [0.1, 0.15) is 35.7 Å². The SMILES string of the molecule is CCCCOc1ccc(N=C2C=C(S(=O)(=O)c3ccccc3)C(=O)c3c(S(=O)(=O)c4ccccc4)ccc(O)c32)cc1. The molecule has 10 heteroatoms. The van der Waals surface area contributed by atoms with Gasteiger partial charge in [-0.15, -0.1) is 0 Å². The molecule has 0 heterocycles. The minimum absolute atomic E-state index is 0.0821. The predicted molar refractivity (Wildman–Crippen MR) is 159 cm³/mol. The first-order valence-corrected chi connectivity index (χ1v) is 16.2. The van der Waals surface area contributed by atoms with Gasteiger partial charge in [-0.1, -0.05) is 49.7 Å². The molecule has 0 saturated heterocycles. The maximum Gasteiger partial charge on any atom is 0.210 e. The van der Waals surface area contributed by atoms with E-state index in [1.807, 2.05) is 0 Å². The van der Waals surface area contributed by atoms with Gasteiger partial charge in [-0.25, -0.2) is 21.8 Å². The number of rotatable bonds is 9. The number of phenols is 1. The molecule has 8 nitrogen and oxygen atoms in total. The molecular weight excluding hydrogens is 574 g/mol. The molecule has 4 aromatic rings. The molecule has 1 aliphatic rings. The van der Waals surface area contributed by atoms with Crippen LogP contribution in [0, 0.1) is 0 Å². The van der Waals surface area contributed by atoms with Crippen LogP contribution in [0.2, 0.25) is 0 Å². The van der Waals surface area contributed by atoms with Crippen molar-refractivity contribution in [3.63, 3.8) is 0 Å². The van der Waals surface area contributed by atoms with Crippen LogP contribution in [0.25, 0.3) is 0 Å². The Balaban J connectivity index is 1.73. The number of hydrogen-bond acceptors (Lipinski definition) is 8. The molecule has 0 spiro atoms. The number of benzene rings is 4. The molecule has 0 saturated carbocycles. The van der Waals surface area contributed by atoms with Gasteiger partial charge in [0, 0.05) is 0 Å². The highest BCUT2D eigenvalue weighted by Crippen LogP contribution is 2.39. The van der Waals surface area contributed by atoms with Gasteiger partial charge < -0.3 is 9.84 Å². The van der Waals surface area contributed by atoms with Gasteiger partial charge in [0.2, 0.25) is 25.5 Å². The predicted octanol–water partition coefficient (Wildman–Crippen LogP) is 6.08. The van der Waals surface area contributed by atoms with E-state index >= 15 is 0 Å². The smallest absolute Gasteiger partial charge is 0.210 e. The maximum atomic E-state index is 14.0. The van der Waals surface area contributed by atoms with E-state index in [0.29, 0.717) is 18.0 Å². The fourth-order valence-corrected chi connectivity index (χ4v) is 7.36. The molecule has 0 amide bonds. The summed E-state index contributed by atoms with van der Waals surface area (Å²) in [5.74, 6) is -0.859. The Morgan fingerprint density at radius 1 is 0.738 bits per heavy atom. The largest absolute Gasteiger partial charge is 0.507 e. The minimum Gasteiger partial charge on any atom is -0.507 e. The molecule has 1 aliphatic carbocycles. The number of aromatic hydroxyl groups is 1. The number of hydrogen-bond donors (Lipinski definition) is 1. The van der Waals surface area contributed by atoms with Crippen molar-refractivity contribution in [2.75, 3.05) is 6.61 Å². The third-order valence-electron chi connectivity index (χ3n) is 6.66. The molecule has 1 N–H and O–H groups in total. The number of ether oxygens (including phenoxy) is 1. The van der Waals surface area contributed by atoms with Crippen molar-refractivity contribution < 1.29 is 31.5 Å². The van der Waals surface area contributed by atoms with Crippen molar-refractivity contribution in [3.8, 4) is 11.5 Å². The number of phenolic OH excluding ortho intramolecular Hbond substituents is 1. The molecule has 0 radical (unpaired) electrons. The zero-order valence-electron chi connectivity index (χ0n) is 22.6. The maximum absolute atomic E-state index is 14.0. The zero-order valence-corrected chi connectivity index (χ0v) is 24.2. The van der Waals surface area contributed by atoms with Crippen molar-refractivity contribution >= 4 is 36.9 Å². The summed E-state index contributed by atoms with van der Waals surface area (Å²) in [7, 11) is -8.71. The second-order valence-corrected chi connectivity index (χ2v) is 13.3. The minimum atomic E-state index is -4.40. The van der Waals surface area contributed by atoms with Gasteiger partial charge in [0.05, 0.1) is 43.8 Å². The zero-order chi connectivity index (χ0) is 29.9. The molecular formula is C32H27NO7S2. The van der Waals surface area contributed by atoms with Crippen LogP contribution in [0.4, 0.5) is 5.69 Å². The highest BCUT2D eigenvalue weighted by atomic mass is 32.2. The van der Waals surface area contributed by atoms with Crippen molar-refractivity contribution in [2.24, 2.45) is 4.99 Å². The number of carbonyl (C=O) groups is 1. The summed E-state index contributed by atoms with van der Waals surface area (Å²) < 4.78 is 60.6. The first-order valence-electron chi connectivity index (χ1n) is 13.2. The van der Waals surface area contributed by atoms with Crippen LogP contribution in [-0.2, 0) is 19.7 Å². The number of sulfone groups is 2. The lowest BCUT2D eigenvalue weighted by atomic mass is 9.93. The van der Waals surface area contributed by atoms with Gasteiger partial charge in [0.1, 0.15) is 16.4 Å². The average Bonchev–Trinajstić information content (AvgIpc) is 3.00. The molecule has 4 aromatic carbocycles. The molecule has 0 fully saturated rings. The monoisotopic (exact) mass is 601 g/mol. The molecule has 5 rings (SSSR count). The van der Waals surface area contributed by atoms with E-state index in [-0.39, 0.29) is 21.1 Å². The highest BCUT2D eigenvalue weighted by molar-refractivity contribution is 7.96. The van der Waals surface area contributed by atoms with E-state index in [0.717, 1.165) is 31.1 Å². The lowest BCUT2D eigenvalue weighted by molar-refractivity contribution is 0.103. The van der Waals surface area contributed by atoms with Gasteiger partial charge in [-0.3, -0.25) is 4.79 Å². The highest BCUT2D eigenvalue weighted by Gasteiger charge is 2.39. The number of Topliss-reactive ketones (excluding diaryl/α,β-unsaturated/α-hetero) is 1. The van der Waals surface area contributed by atoms with E-state index < -0.39 is 46.6 Å². The summed E-state index contributed by atoms with van der Waals surface area (Å²) in [6.07, 6.45) is 2.96. The van der Waals surface area contributed by atoms with E-state index in [1.165, 1.54) is 48.5 Å². The third kappa shape index (κ3) is 5.50. The summed E-state index contributed by atoms with van der Waals surface area (Å²) in [5, 5.41) is 10.9. The summed E-state index contributed by atoms with van der Waals surface area (Å²) in [5.41, 5.74) is -0.348. The van der Waals surface area contributed by atoms with Gasteiger partial charge in [0.25, 0.3) is 0 Å². The summed E-state index contributed by atoms with van der Waals surface area (Å²) in [4.78, 5) is 17.2. The van der Waals surface area contributed by atoms with Gasteiger partial charge in [-0.2, -0.15) is 0 Å². The fraction of sp³-hybridized carbons (Fsp3) is 0.125. The number of ketones is 1. The molecule has 0 bridgehead atoms. The molecule has 0 unspecified atom stereocenters. The first kappa shape index (κ1) is 29.0. The quantitative estimate of drug-likeness (QED) is 0.230. The normalized spacial score (nSPS) is 14.4. The van der Waals surface area contributed by atoms with Gasteiger partial charge >= 0.3 is 0 Å². The standard InChI is InChI=1S/C32H27NO7S2/c1-2-3-20-40-23-16-14-22(15-17-23)33-26-21-29(42(38,39)25-12-8-5-9-13-25)32(35)31-28(19-18-27(34)30(26)31)41(36,37)24-10-6-4-7-11-24/h4-19,21,34H,2-3,20H2,1H3. The molecule has 0 aliphatic heterocycles. The average molecular weight is 602 g/mol. The first-order chi connectivity index (χ1) is 20.1. The number of carbonyl (C=O) groups excluding carboxylic acids is 1. The molecule has 0 aromatic heterocycles. The fourth-order valence-electron chi connectivity index (χ4n) is 4.50. The van der Waals surface area contributed by atoms with Crippen LogP contribution >= 0.6 is 0 Å². The summed E-state index contributed by atoms with van der Waals surface area (Å²) in [6.45, 7) is 2.61. The number of fused-ring (bicyclic) bond motifs is 1. The van der Waals surface area contributed by atoms with Crippen molar-refractivity contribution in [2.45, 2.75) is 34.5 Å². The lowest BCUT2D eigenvalue weighted by Gasteiger charge is -2.22. The van der Waals surface area contributed by atoms with Crippen LogP contribution < -0.4 is 4.74 Å². The molecule has 0 atom stereocenters. The van der Waals surface area contributed by atoms with Crippen molar-refractivity contribution in [3.05, 3.63) is 119 Å². The summed E-state index contributed by atoms with van der Waals surface area (Å²) >= 11 is 0. The number of aliphatic imine (C=N–C) groups is 1. The Bertz CT molecular complexity index is 1910. The van der Waals surface area contributed by atoms with Crippen LogP contribution in [0.15, 0.2) is 128 Å². The van der Waals surface area contributed by atoms with Crippen molar-refractivity contribution in [1.82, 2.24) is 0 Å². The third-order valence-corrected chi connectivity index (χ3v) is 10.2. The van der Waals surface area contributed by atoms with Crippen LogP contribution in [0.5, 0.6) is 11.5 Å². The second-order valence-electron chi connectivity index (χ2n) is 9.50. The lowest BCUT2D eigenvalue weighted by Crippen LogP contribution is -2.25. The Kier molecular flexibility index (Phi) is 8.11. The van der Waals surface area contributed by atoms with Crippen molar-refractivity contribution in [1.29, 1.82) is 0 Å². The number of allylic oxidation sites excluding steroid dienone is 2. The van der Waals surface area contributed by atoms with Gasteiger partial charge in [0.15, 0.2) is 0 Å². The van der Waals surface area contributed by atoms with Crippen LogP contribution in [0.3, 0.4) is 0 Å². The van der Waals surface area contributed by atoms with E-state index in [1.54, 1.807) is 36.4 Å².